The van der Waals surface area contributed by atoms with E-state index < -0.39 is 44.6 Å². The van der Waals surface area contributed by atoms with Crippen molar-refractivity contribution in [1.29, 1.82) is 0 Å². The Morgan fingerprint density at radius 2 is 1.12 bits per heavy atom. The summed E-state index contributed by atoms with van der Waals surface area (Å²) in [5.41, 5.74) is 12.7. The lowest BCUT2D eigenvalue weighted by molar-refractivity contribution is 0.0578. The van der Waals surface area contributed by atoms with Gasteiger partial charge < -0.3 is 75.5 Å². The van der Waals surface area contributed by atoms with Gasteiger partial charge in [0.05, 0.1) is 135 Å². The molecule has 9 N–H and O–H groups in total. The molecule has 10 aromatic rings. The normalized spacial score (nSPS) is 15.6. The van der Waals surface area contributed by atoms with E-state index in [1.54, 1.807) is 118 Å². The number of fused-ring (bicyclic) bond motifs is 7. The number of ether oxygens (including phenoxy) is 8. The monoisotopic (exact) mass is 1590 g/mol. The van der Waals surface area contributed by atoms with Crippen LogP contribution in [0.25, 0.3) is 16.9 Å². The number of amides is 5. The molecule has 0 saturated heterocycles. The Bertz CT molecular complexity index is 5380. The number of carbonyl (C=O) groups excluding carboxylic acids is 5. The van der Waals surface area contributed by atoms with Crippen LogP contribution in [0.2, 0.25) is 5.15 Å². The molecule has 15 rings (SSSR count). The molecule has 0 unspecified atom stereocenters. The maximum atomic E-state index is 13.3. The molecule has 0 atom stereocenters. The van der Waals surface area contributed by atoms with Gasteiger partial charge in [0.25, 0.3) is 27.8 Å². The molecule has 4 aromatic carbocycles. The molecule has 5 amide bonds. The predicted molar refractivity (Wildman–Crippen MR) is 421 cm³/mol. The van der Waals surface area contributed by atoms with Gasteiger partial charge in [-0.3, -0.25) is 28.7 Å². The van der Waals surface area contributed by atoms with E-state index in [1.165, 1.54) is 49.4 Å². The minimum absolute atomic E-state index is 0.0666. The van der Waals surface area contributed by atoms with Gasteiger partial charge in [0, 0.05) is 39.3 Å². The van der Waals surface area contributed by atoms with Crippen LogP contribution in [0, 0.1) is 6.92 Å². The zero-order chi connectivity index (χ0) is 81.1. The lowest BCUT2D eigenvalue weighted by Crippen LogP contribution is -2.41. The number of imidazole rings is 3. The van der Waals surface area contributed by atoms with Crippen LogP contribution in [-0.4, -0.2) is 177 Å². The van der Waals surface area contributed by atoms with E-state index in [0.717, 1.165) is 72.2 Å². The summed E-state index contributed by atoms with van der Waals surface area (Å²) in [5, 5.41) is 32.5. The lowest BCUT2D eigenvalue weighted by atomic mass is 10.2. The summed E-state index contributed by atoms with van der Waals surface area (Å²) in [6, 6.07) is 28.1. The number of carbonyl (C=O) groups is 5. The van der Waals surface area contributed by atoms with Crippen molar-refractivity contribution in [2.75, 3.05) is 93.8 Å². The largest absolute Gasteiger partial charge is 0.495 e. The van der Waals surface area contributed by atoms with Crippen LogP contribution in [0.4, 0.5) is 55.3 Å². The Morgan fingerprint density at radius 1 is 0.637 bits per heavy atom. The average Bonchev–Trinajstić information content (AvgIpc) is 1.64. The minimum Gasteiger partial charge on any atom is -0.495 e. The van der Waals surface area contributed by atoms with E-state index in [0.29, 0.717) is 114 Å². The molecular formula is C77H91ClN18O16S. The van der Waals surface area contributed by atoms with Gasteiger partial charge in [0.2, 0.25) is 0 Å². The first-order chi connectivity index (χ1) is 53.6. The summed E-state index contributed by atoms with van der Waals surface area (Å²) < 4.78 is 78.9. The number of halogens is 1. The highest BCUT2D eigenvalue weighted by atomic mass is 35.5. The molecule has 36 heteroatoms. The van der Waals surface area contributed by atoms with Gasteiger partial charge in [-0.25, -0.2) is 38.1 Å². The summed E-state index contributed by atoms with van der Waals surface area (Å²) in [6.07, 6.45) is 8.27. The van der Waals surface area contributed by atoms with Gasteiger partial charge in [0.15, 0.2) is 50.8 Å². The van der Waals surface area contributed by atoms with Gasteiger partial charge in [0.1, 0.15) is 28.5 Å². The van der Waals surface area contributed by atoms with Gasteiger partial charge in [-0.1, -0.05) is 47.5 Å². The quantitative estimate of drug-likeness (QED) is 0.0392. The second-order valence-corrected chi connectivity index (χ2v) is 31.8. The number of hydrogen-bond acceptors (Lipinski definition) is 25. The van der Waals surface area contributed by atoms with Crippen LogP contribution in [-0.2, 0) is 53.6 Å². The molecule has 6 aromatic heterocycles. The van der Waals surface area contributed by atoms with E-state index in [9.17, 15) is 32.4 Å². The molecule has 5 aliphatic rings. The number of aromatic nitrogens is 9. The zero-order valence-electron chi connectivity index (χ0n) is 64.8. The lowest BCUT2D eigenvalue weighted by Gasteiger charge is -2.25. The number of rotatable bonds is 13. The second kappa shape index (κ2) is 32.6. The molecule has 2 aliphatic heterocycles. The van der Waals surface area contributed by atoms with E-state index >= 15 is 0 Å². The van der Waals surface area contributed by atoms with Crippen molar-refractivity contribution < 1.29 is 74.8 Å². The number of nitrogens with two attached hydrogens (primary N) is 1. The topological polar surface area (TPSA) is 409 Å². The predicted octanol–water partition coefficient (Wildman–Crippen LogP) is 11.0. The number of aryl methyl sites for hydroxylation is 1. The fraction of sp³-hybridized carbons (Fsp3) is 0.390. The van der Waals surface area contributed by atoms with Gasteiger partial charge in [-0.15, -0.1) is 10.2 Å². The first-order valence-electron chi connectivity index (χ1n) is 36.1. The van der Waals surface area contributed by atoms with Crippen LogP contribution in [0.3, 0.4) is 0 Å². The number of nitrogens with one attached hydrogen (secondary N) is 6. The molecule has 8 heterocycles. The molecule has 3 aliphatic carbocycles. The Morgan fingerprint density at radius 3 is 1.61 bits per heavy atom. The molecule has 2 spiro atoms. The van der Waals surface area contributed by atoms with Crippen LogP contribution in [0.5, 0.6) is 17.2 Å². The Hall–Kier alpha value is -11.6. The van der Waals surface area contributed by atoms with E-state index in [1.807, 2.05) is 62.5 Å². The molecule has 3 fully saturated rings. The van der Waals surface area contributed by atoms with Crippen LogP contribution in [0.15, 0.2) is 121 Å². The molecule has 8 bridgehead atoms. The van der Waals surface area contributed by atoms with Crippen molar-refractivity contribution >= 4 is 114 Å². The minimum atomic E-state index is -4.02. The highest BCUT2D eigenvalue weighted by Crippen LogP contribution is 2.41. The molecule has 113 heavy (non-hydrogen) atoms. The zero-order valence-corrected chi connectivity index (χ0v) is 66.4. The van der Waals surface area contributed by atoms with Gasteiger partial charge in [-0.05, 0) is 152 Å². The van der Waals surface area contributed by atoms with Crippen molar-refractivity contribution in [2.24, 2.45) is 0 Å². The number of methoxy groups -OCH3 is 3. The summed E-state index contributed by atoms with van der Waals surface area (Å²) >= 11 is 6.23. The maximum Gasteiger partial charge on any atom is 0.414 e. The summed E-state index contributed by atoms with van der Waals surface area (Å²) in [4.78, 5) is 80.7. The Kier molecular flexibility index (Phi) is 23.3. The standard InChI is InChI=1S/C25H31ClN6O5.C25H30N6O5.C20H22N6O3.C7H8O3S/c1-24(2,3)37-23(34)31(4)17-11-20(26)30-32-18(12-28-21(17)32)22(33)29-25(8-9-25)14-36-13-15-6-7-19(35-5)16(27)10-15;1-24(2,3)36-23(33)30(4)17-11-20-27-16-10-15(6-7-19(16)34-5)13-35-14-25(8-9-25)28-22(32)18-12-26-21(17)31(18)29-20;1-21-14-8-17-23-13-7-12(3-4-16(13)28-2)10-29-11-20(5-6-20)24-19(27)15-9-22-18(14)26(15)25-17;1-6-2-4-7(5-3-6)11(8,9)10/h6-7,10-12H,8-9,13-14,27H2,1-5H3,(H,29,33);6-7,10-12H,8-9,13-14H2,1-5H3,(H,27,29)(H,28,32);3-4,7-9,21H,5-6,10-11H2,1-2H3,(H,23,25)(H,24,27);2-5H,1H3,(H,8,9,10). The van der Waals surface area contributed by atoms with Crippen molar-refractivity contribution in [3.63, 3.8) is 0 Å². The number of nitrogen functional groups attached to an aromatic ring is 1. The number of nitrogens with zero attached hydrogens (tertiary/aromatic N) is 11. The van der Waals surface area contributed by atoms with Crippen LogP contribution >= 0.6 is 11.6 Å². The molecular weight excluding hydrogens is 1500 g/mol. The number of anilines is 8. The van der Waals surface area contributed by atoms with E-state index in [-0.39, 0.29) is 44.7 Å². The van der Waals surface area contributed by atoms with Gasteiger partial charge >= 0.3 is 12.2 Å². The molecule has 3 saturated carbocycles. The SMILES string of the molecule is CNc1cc2nn3c(cnc13)C(=O)NC1(CC1)COCc1ccc(OC)c(c1)N2.COc1ccc(COCC2(NC(=O)c3cnc4c(N(C)C(=O)OC(C)(C)C)cc(Cl)nn34)CC2)cc1N.COc1ccc2cc1Nc1cc(N(C)C(=O)OC(C)(C)C)c3ncc(n3n1)C(=O)NC1(CC1)COC2.Cc1ccc(S(=O)(=O)O)cc1. The third-order valence-corrected chi connectivity index (χ3v) is 19.7. The van der Waals surface area contributed by atoms with Crippen LogP contribution < -0.4 is 61.6 Å². The fourth-order valence-corrected chi connectivity index (χ4v) is 12.7. The molecule has 0 radical (unpaired) electrons. The van der Waals surface area contributed by atoms with E-state index in [2.05, 4.69) is 62.1 Å². The maximum absolute atomic E-state index is 13.3. The Labute approximate surface area is 656 Å². The summed E-state index contributed by atoms with van der Waals surface area (Å²) in [7, 11) is 5.70. The first-order valence-corrected chi connectivity index (χ1v) is 37.9. The average molecular weight is 1590 g/mol. The third kappa shape index (κ3) is 19.5. The highest BCUT2D eigenvalue weighted by Gasteiger charge is 2.47. The van der Waals surface area contributed by atoms with E-state index in [4.69, 9.17) is 59.8 Å². The van der Waals surface area contributed by atoms with Crippen molar-refractivity contribution in [3.05, 3.63) is 160 Å². The van der Waals surface area contributed by atoms with Gasteiger partial charge in [-0.2, -0.15) is 13.5 Å². The van der Waals surface area contributed by atoms with Crippen LogP contribution in [0.1, 0.15) is 134 Å². The molecule has 598 valence electrons. The van der Waals surface area contributed by atoms with Crippen molar-refractivity contribution in [3.8, 4) is 17.2 Å². The highest BCUT2D eigenvalue weighted by molar-refractivity contribution is 7.85. The van der Waals surface area contributed by atoms with Crippen molar-refractivity contribution in [1.82, 2.24) is 59.7 Å². The second-order valence-electron chi connectivity index (χ2n) is 30.0. The van der Waals surface area contributed by atoms with Crippen molar-refractivity contribution in [2.45, 2.75) is 140 Å². The number of benzene rings is 4. The summed E-state index contributed by atoms with van der Waals surface area (Å²) in [6.45, 7) is 14.9. The molecule has 34 nitrogen and oxygen atoms in total. The third-order valence-electron chi connectivity index (χ3n) is 18.7. The number of hydrogen-bond donors (Lipinski definition) is 8. The fourth-order valence-electron chi connectivity index (χ4n) is 12.1. The smallest absolute Gasteiger partial charge is 0.414 e. The first kappa shape index (κ1) is 80.9. The Balaban J connectivity index is 0.000000148. The summed E-state index contributed by atoms with van der Waals surface area (Å²) in [5.74, 6) is 1.96.